The molecule has 0 aliphatic carbocycles. The van der Waals surface area contributed by atoms with Crippen molar-refractivity contribution in [3.8, 4) is 0 Å². The third-order valence-electron chi connectivity index (χ3n) is 1.12. The minimum atomic E-state index is -3.67. The van der Waals surface area contributed by atoms with Crippen LogP contribution in [-0.2, 0) is 10.1 Å². The van der Waals surface area contributed by atoms with Crippen molar-refractivity contribution in [3.05, 3.63) is 0 Å². The molecular formula is C6H18NO4S+. The van der Waals surface area contributed by atoms with Crippen LogP contribution >= 0.6 is 0 Å². The first kappa shape index (κ1) is 14.4. The summed E-state index contributed by atoms with van der Waals surface area (Å²) in [6.07, 6.45) is 0.451. The zero-order valence-corrected chi connectivity index (χ0v) is 8.96. The quantitative estimate of drug-likeness (QED) is 0.341. The van der Waals surface area contributed by atoms with Gasteiger partial charge in [0.2, 0.25) is 0 Å². The molecule has 0 bridgehead atoms. The maximum absolute atomic E-state index is 9.19. The molecule has 0 heterocycles. The topological polar surface area (TPSA) is 74.6 Å². The zero-order valence-electron chi connectivity index (χ0n) is 8.14. The molecule has 0 rings (SSSR count). The van der Waals surface area contributed by atoms with Gasteiger partial charge in [-0.25, -0.2) is 0 Å². The monoisotopic (exact) mass is 200 g/mol. The predicted octanol–water partition coefficient (Wildman–Crippen LogP) is -0.465. The van der Waals surface area contributed by atoms with Gasteiger partial charge in [-0.2, -0.15) is 8.42 Å². The van der Waals surface area contributed by atoms with E-state index >= 15 is 0 Å². The van der Waals surface area contributed by atoms with Crippen LogP contribution in [0.25, 0.3) is 0 Å². The van der Waals surface area contributed by atoms with Gasteiger partial charge in [0.05, 0.1) is 27.4 Å². The van der Waals surface area contributed by atoms with Crippen LogP contribution in [0, 0.1) is 0 Å². The van der Waals surface area contributed by atoms with Gasteiger partial charge in [-0.3, -0.25) is 4.55 Å². The van der Waals surface area contributed by atoms with E-state index < -0.39 is 10.1 Å². The summed E-state index contributed by atoms with van der Waals surface area (Å²) < 4.78 is 26.5. The number of rotatable bonds is 1. The number of quaternary nitrogens is 1. The maximum atomic E-state index is 9.19. The Kier molecular flexibility index (Phi) is 5.69. The number of aliphatic hydroxyl groups is 1. The van der Waals surface area contributed by atoms with Gasteiger partial charge in [0, 0.05) is 6.92 Å². The van der Waals surface area contributed by atoms with E-state index in [9.17, 15) is 8.42 Å². The van der Waals surface area contributed by atoms with Crippen LogP contribution in [0.2, 0.25) is 0 Å². The lowest BCUT2D eigenvalue weighted by Crippen LogP contribution is -2.42. The van der Waals surface area contributed by atoms with Crippen molar-refractivity contribution < 1.29 is 22.6 Å². The summed E-state index contributed by atoms with van der Waals surface area (Å²) in [7, 11) is 2.18. The first-order valence-corrected chi connectivity index (χ1v) is 5.21. The summed E-state index contributed by atoms with van der Waals surface area (Å²) >= 11 is 0. The Bertz CT molecular complexity index is 194. The second kappa shape index (κ2) is 4.76. The van der Waals surface area contributed by atoms with Gasteiger partial charge in [-0.15, -0.1) is 0 Å². The molecule has 0 aliphatic heterocycles. The Morgan fingerprint density at radius 2 is 1.33 bits per heavy atom. The highest BCUT2D eigenvalue weighted by atomic mass is 32.2. The molecule has 0 aromatic carbocycles. The van der Waals surface area contributed by atoms with Crippen molar-refractivity contribution in [2.75, 3.05) is 27.4 Å². The highest BCUT2D eigenvalue weighted by Crippen LogP contribution is 1.94. The van der Waals surface area contributed by atoms with E-state index in [0.717, 1.165) is 0 Å². The third-order valence-corrected chi connectivity index (χ3v) is 1.12. The minimum Gasteiger partial charge on any atom is -0.345 e. The first-order chi connectivity index (χ1) is 4.94. The van der Waals surface area contributed by atoms with Crippen molar-refractivity contribution in [3.63, 3.8) is 0 Å². The summed E-state index contributed by atoms with van der Waals surface area (Å²) in [5, 5.41) is 8.86. The van der Waals surface area contributed by atoms with Crippen LogP contribution in [0.3, 0.4) is 0 Å². The van der Waals surface area contributed by atoms with Crippen molar-refractivity contribution in [1.29, 1.82) is 0 Å². The zero-order chi connectivity index (χ0) is 10.6. The van der Waals surface area contributed by atoms with Crippen LogP contribution in [0.1, 0.15) is 6.92 Å². The fourth-order valence-corrected chi connectivity index (χ4v) is 0. The van der Waals surface area contributed by atoms with E-state index in [0.29, 0.717) is 10.7 Å². The van der Waals surface area contributed by atoms with Crippen LogP contribution in [0.15, 0.2) is 0 Å². The van der Waals surface area contributed by atoms with Crippen LogP contribution in [-0.4, -0.2) is 56.2 Å². The molecule has 0 aliphatic rings. The number of hydrogen-bond acceptors (Lipinski definition) is 3. The number of hydrogen-bond donors (Lipinski definition) is 2. The molecule has 76 valence electrons. The van der Waals surface area contributed by atoms with E-state index in [1.807, 2.05) is 21.1 Å². The van der Waals surface area contributed by atoms with Gasteiger partial charge >= 0.3 is 0 Å². The van der Waals surface area contributed by atoms with Gasteiger partial charge in [0.1, 0.15) is 0 Å². The lowest BCUT2D eigenvalue weighted by molar-refractivity contribution is -0.916. The molecule has 1 unspecified atom stereocenters. The molecular weight excluding hydrogens is 182 g/mol. The second-order valence-corrected chi connectivity index (χ2v) is 4.95. The average Bonchev–Trinajstić information content (AvgIpc) is 1.55. The molecule has 0 amide bonds. The standard InChI is InChI=1S/C5H14NO.CH4O3S/c1-5(7)6(2,3)4;1-5(2,3)4/h5,7H,1-4H3;1H3,(H,2,3,4)/q+1;. The molecule has 0 saturated heterocycles. The third kappa shape index (κ3) is 22.5. The molecule has 6 heteroatoms. The molecule has 0 saturated carbocycles. The van der Waals surface area contributed by atoms with Crippen LogP contribution in [0.4, 0.5) is 0 Å². The summed E-state index contributed by atoms with van der Waals surface area (Å²) in [4.78, 5) is 0. The second-order valence-electron chi connectivity index (χ2n) is 3.48. The molecule has 0 spiro atoms. The molecule has 2 N–H and O–H groups in total. The fourth-order valence-electron chi connectivity index (χ4n) is 0. The van der Waals surface area contributed by atoms with Gasteiger partial charge < -0.3 is 9.59 Å². The molecule has 0 aromatic heterocycles. The first-order valence-electron chi connectivity index (χ1n) is 3.36. The Balaban J connectivity index is 0. The summed E-state index contributed by atoms with van der Waals surface area (Å²) in [5.41, 5.74) is 0. The predicted molar refractivity (Wildman–Crippen MR) is 47.2 cm³/mol. The Morgan fingerprint density at radius 3 is 1.33 bits per heavy atom. The highest BCUT2D eigenvalue weighted by Gasteiger charge is 2.12. The fraction of sp³-hybridized carbons (Fsp3) is 1.00. The molecule has 12 heavy (non-hydrogen) atoms. The molecule has 1 atom stereocenters. The van der Waals surface area contributed by atoms with E-state index in [4.69, 9.17) is 9.66 Å². The van der Waals surface area contributed by atoms with Crippen LogP contribution < -0.4 is 0 Å². The lowest BCUT2D eigenvalue weighted by atomic mass is 10.5. The Labute approximate surface area is 74.0 Å². The van der Waals surface area contributed by atoms with Crippen LogP contribution in [0.5, 0.6) is 0 Å². The van der Waals surface area contributed by atoms with Gasteiger partial charge in [0.25, 0.3) is 10.1 Å². The summed E-state index contributed by atoms with van der Waals surface area (Å²) in [6.45, 7) is 1.78. The maximum Gasteiger partial charge on any atom is 0.261 e. The van der Waals surface area contributed by atoms with Crippen molar-refractivity contribution in [1.82, 2.24) is 0 Å². The SMILES string of the molecule is CC(O)[N+](C)(C)C.CS(=O)(=O)O. The lowest BCUT2D eigenvalue weighted by Gasteiger charge is -2.26. The van der Waals surface area contributed by atoms with Gasteiger partial charge in [-0.05, 0) is 0 Å². The Hall–Kier alpha value is -0.170. The van der Waals surface area contributed by atoms with Crippen molar-refractivity contribution in [2.24, 2.45) is 0 Å². The largest absolute Gasteiger partial charge is 0.345 e. The van der Waals surface area contributed by atoms with E-state index in [2.05, 4.69) is 0 Å². The van der Waals surface area contributed by atoms with Gasteiger partial charge in [0.15, 0.2) is 6.23 Å². The number of nitrogens with zero attached hydrogens (tertiary/aromatic N) is 1. The summed E-state index contributed by atoms with van der Waals surface area (Å²) in [5.74, 6) is 0. The highest BCUT2D eigenvalue weighted by molar-refractivity contribution is 7.85. The minimum absolute atomic E-state index is 0.264. The summed E-state index contributed by atoms with van der Waals surface area (Å²) in [6, 6.07) is 0. The normalized spacial score (nSPS) is 14.6. The van der Waals surface area contributed by atoms with Gasteiger partial charge in [-0.1, -0.05) is 0 Å². The number of aliphatic hydroxyl groups excluding tert-OH is 1. The molecule has 5 nitrogen and oxygen atoms in total. The van der Waals surface area contributed by atoms with E-state index in [-0.39, 0.29) is 6.23 Å². The molecule has 0 fully saturated rings. The van der Waals surface area contributed by atoms with E-state index in [1.54, 1.807) is 6.92 Å². The Morgan fingerprint density at radius 1 is 1.25 bits per heavy atom. The van der Waals surface area contributed by atoms with E-state index in [1.165, 1.54) is 0 Å². The molecule has 0 aromatic rings. The molecule has 0 radical (unpaired) electrons. The van der Waals surface area contributed by atoms with Crippen molar-refractivity contribution in [2.45, 2.75) is 13.2 Å². The average molecular weight is 200 g/mol. The van der Waals surface area contributed by atoms with Crippen molar-refractivity contribution >= 4 is 10.1 Å². The smallest absolute Gasteiger partial charge is 0.261 e.